The van der Waals surface area contributed by atoms with Crippen LogP contribution >= 0.6 is 0 Å². The van der Waals surface area contributed by atoms with Gasteiger partial charge in [-0.25, -0.2) is 4.39 Å². The fraction of sp³-hybridized carbons (Fsp3) is 0.562. The van der Waals surface area contributed by atoms with Crippen LogP contribution in [0.4, 0.5) is 10.1 Å². The predicted molar refractivity (Wildman–Crippen MR) is 75.6 cm³/mol. The van der Waals surface area contributed by atoms with Crippen LogP contribution in [0.25, 0.3) is 0 Å². The second kappa shape index (κ2) is 6.06. The zero-order valence-electron chi connectivity index (χ0n) is 11.7. The van der Waals surface area contributed by atoms with E-state index in [1.807, 2.05) is 12.1 Å². The lowest BCUT2D eigenvalue weighted by Crippen LogP contribution is -2.37. The second-order valence-electron chi connectivity index (χ2n) is 5.73. The molecule has 1 aliphatic rings. The minimum atomic E-state index is -0.410. The van der Waals surface area contributed by atoms with Crippen LogP contribution in [0.5, 0.6) is 0 Å². The molecule has 0 aromatic heterocycles. The quantitative estimate of drug-likeness (QED) is 0.814. The maximum atomic E-state index is 13.8. The Morgan fingerprint density at radius 1 is 1.37 bits per heavy atom. The Kier molecular flexibility index (Phi) is 4.42. The lowest BCUT2D eigenvalue weighted by molar-refractivity contribution is 0.533. The molecule has 1 saturated carbocycles. The smallest absolute Gasteiger partial charge is 0.143 e. The Balaban J connectivity index is 2.37. The number of nitrogens with zero attached hydrogens (tertiary/aromatic N) is 2. The van der Waals surface area contributed by atoms with Crippen molar-refractivity contribution >= 4 is 5.69 Å². The van der Waals surface area contributed by atoms with Crippen LogP contribution < -0.4 is 4.90 Å². The van der Waals surface area contributed by atoms with Gasteiger partial charge >= 0.3 is 0 Å². The van der Waals surface area contributed by atoms with E-state index in [9.17, 15) is 9.65 Å². The molecule has 0 unspecified atom stereocenters. The summed E-state index contributed by atoms with van der Waals surface area (Å²) in [5.74, 6) is 0.0853. The summed E-state index contributed by atoms with van der Waals surface area (Å²) in [6, 6.07) is 7.42. The lowest BCUT2D eigenvalue weighted by atomic mass is 10.1. The number of rotatable bonds is 4. The average molecular weight is 260 g/mol. The standard InChI is InChI=1S/C16H21FN2/c1-12(2)11-19(13-6-3-4-7-13)16-9-5-8-15(17)14(16)10-18/h5,8-9,12-13H,3-4,6-7,11H2,1-2H3. The highest BCUT2D eigenvalue weighted by Gasteiger charge is 2.26. The molecule has 0 spiro atoms. The van der Waals surface area contributed by atoms with Gasteiger partial charge in [-0.2, -0.15) is 5.26 Å². The zero-order chi connectivity index (χ0) is 13.8. The summed E-state index contributed by atoms with van der Waals surface area (Å²) in [5, 5.41) is 9.21. The Bertz CT molecular complexity index is 470. The molecule has 0 atom stereocenters. The molecule has 102 valence electrons. The highest BCUT2D eigenvalue weighted by atomic mass is 19.1. The summed E-state index contributed by atoms with van der Waals surface area (Å²) in [7, 11) is 0. The first-order valence-electron chi connectivity index (χ1n) is 7.08. The van der Waals surface area contributed by atoms with E-state index in [4.69, 9.17) is 0 Å². The summed E-state index contributed by atoms with van der Waals surface area (Å²) in [4.78, 5) is 2.25. The summed E-state index contributed by atoms with van der Waals surface area (Å²) >= 11 is 0. The molecule has 0 heterocycles. The van der Waals surface area contributed by atoms with E-state index < -0.39 is 5.82 Å². The van der Waals surface area contributed by atoms with Crippen LogP contribution in [0.1, 0.15) is 45.1 Å². The first kappa shape index (κ1) is 13.9. The summed E-state index contributed by atoms with van der Waals surface area (Å²) in [5.41, 5.74) is 0.957. The van der Waals surface area contributed by atoms with Crippen molar-refractivity contribution in [3.05, 3.63) is 29.6 Å². The van der Waals surface area contributed by atoms with Crippen LogP contribution in [0.15, 0.2) is 18.2 Å². The van der Waals surface area contributed by atoms with E-state index >= 15 is 0 Å². The number of anilines is 1. The van der Waals surface area contributed by atoms with E-state index in [0.29, 0.717) is 12.0 Å². The molecule has 0 radical (unpaired) electrons. The SMILES string of the molecule is CC(C)CN(c1cccc(F)c1C#N)C1CCCC1. The van der Waals surface area contributed by atoms with Gasteiger partial charge in [0.1, 0.15) is 17.4 Å². The van der Waals surface area contributed by atoms with E-state index in [2.05, 4.69) is 18.7 Å². The molecule has 1 aromatic rings. The number of hydrogen-bond acceptors (Lipinski definition) is 2. The molecule has 2 rings (SSSR count). The van der Waals surface area contributed by atoms with Gasteiger partial charge in [-0.3, -0.25) is 0 Å². The van der Waals surface area contributed by atoms with Crippen molar-refractivity contribution in [1.82, 2.24) is 0 Å². The first-order chi connectivity index (χ1) is 9.13. The number of halogens is 1. The van der Waals surface area contributed by atoms with Crippen molar-refractivity contribution in [3.63, 3.8) is 0 Å². The highest BCUT2D eigenvalue weighted by molar-refractivity contribution is 5.60. The van der Waals surface area contributed by atoms with Crippen LogP contribution in [0.3, 0.4) is 0 Å². The van der Waals surface area contributed by atoms with Crippen LogP contribution in [0, 0.1) is 23.1 Å². The molecule has 19 heavy (non-hydrogen) atoms. The fourth-order valence-corrected chi connectivity index (χ4v) is 2.92. The summed E-state index contributed by atoms with van der Waals surface area (Å²) < 4.78 is 13.8. The maximum Gasteiger partial charge on any atom is 0.143 e. The van der Waals surface area contributed by atoms with Crippen molar-refractivity contribution < 1.29 is 4.39 Å². The Morgan fingerprint density at radius 2 is 2.05 bits per heavy atom. The molecule has 0 aliphatic heterocycles. The number of hydrogen-bond donors (Lipinski definition) is 0. The fourth-order valence-electron chi connectivity index (χ4n) is 2.92. The topological polar surface area (TPSA) is 27.0 Å². The van der Waals surface area contributed by atoms with E-state index in [1.165, 1.54) is 18.9 Å². The van der Waals surface area contributed by atoms with E-state index in [-0.39, 0.29) is 5.56 Å². The average Bonchev–Trinajstić information content (AvgIpc) is 2.89. The lowest BCUT2D eigenvalue weighted by Gasteiger charge is -2.33. The first-order valence-corrected chi connectivity index (χ1v) is 7.08. The molecule has 1 aromatic carbocycles. The summed E-state index contributed by atoms with van der Waals surface area (Å²) in [6.45, 7) is 5.20. The molecule has 0 N–H and O–H groups in total. The second-order valence-corrected chi connectivity index (χ2v) is 5.73. The molecule has 0 bridgehead atoms. The third-order valence-corrected chi connectivity index (χ3v) is 3.74. The molecular weight excluding hydrogens is 239 g/mol. The normalized spacial score (nSPS) is 15.7. The highest BCUT2D eigenvalue weighted by Crippen LogP contribution is 2.31. The summed E-state index contributed by atoms with van der Waals surface area (Å²) in [6.07, 6.45) is 4.76. The molecule has 3 heteroatoms. The van der Waals surface area contributed by atoms with E-state index in [0.717, 1.165) is 25.1 Å². The van der Waals surface area contributed by atoms with Crippen LogP contribution in [-0.4, -0.2) is 12.6 Å². The molecule has 1 fully saturated rings. The molecule has 1 aliphatic carbocycles. The van der Waals surface area contributed by atoms with Gasteiger partial charge in [0.25, 0.3) is 0 Å². The predicted octanol–water partition coefficient (Wildman–Crippen LogP) is 4.10. The number of benzene rings is 1. The van der Waals surface area contributed by atoms with Crippen LogP contribution in [0.2, 0.25) is 0 Å². The van der Waals surface area contributed by atoms with Gasteiger partial charge in [0.15, 0.2) is 0 Å². The molecule has 0 saturated heterocycles. The minimum Gasteiger partial charge on any atom is -0.367 e. The molecule has 0 amide bonds. The van der Waals surface area contributed by atoms with Crippen LogP contribution in [-0.2, 0) is 0 Å². The molecule has 2 nitrogen and oxygen atoms in total. The number of nitriles is 1. The Hall–Kier alpha value is -1.56. The largest absolute Gasteiger partial charge is 0.367 e. The van der Waals surface area contributed by atoms with Gasteiger partial charge < -0.3 is 4.90 Å². The van der Waals surface area contributed by atoms with Crippen molar-refractivity contribution in [2.45, 2.75) is 45.6 Å². The maximum absolute atomic E-state index is 13.8. The van der Waals surface area contributed by atoms with Crippen molar-refractivity contribution in [2.24, 2.45) is 5.92 Å². The third-order valence-electron chi connectivity index (χ3n) is 3.74. The minimum absolute atomic E-state index is 0.190. The monoisotopic (exact) mass is 260 g/mol. The van der Waals surface area contributed by atoms with Gasteiger partial charge in [0, 0.05) is 12.6 Å². The van der Waals surface area contributed by atoms with E-state index in [1.54, 1.807) is 6.07 Å². The van der Waals surface area contributed by atoms with Crippen molar-refractivity contribution in [3.8, 4) is 6.07 Å². The Morgan fingerprint density at radius 3 is 2.63 bits per heavy atom. The van der Waals surface area contributed by atoms with Gasteiger partial charge in [-0.15, -0.1) is 0 Å². The third kappa shape index (κ3) is 3.07. The Labute approximate surface area is 114 Å². The van der Waals surface area contributed by atoms with Gasteiger partial charge in [0.05, 0.1) is 5.69 Å². The van der Waals surface area contributed by atoms with Crippen molar-refractivity contribution in [2.75, 3.05) is 11.4 Å². The zero-order valence-corrected chi connectivity index (χ0v) is 11.7. The van der Waals surface area contributed by atoms with Gasteiger partial charge in [0.2, 0.25) is 0 Å². The molecular formula is C16H21FN2. The van der Waals surface area contributed by atoms with Gasteiger partial charge in [-0.1, -0.05) is 32.8 Å². The van der Waals surface area contributed by atoms with Gasteiger partial charge in [-0.05, 0) is 30.9 Å². The van der Waals surface area contributed by atoms with Crippen molar-refractivity contribution in [1.29, 1.82) is 5.26 Å².